The first kappa shape index (κ1) is 17.4. The lowest BCUT2D eigenvalue weighted by Crippen LogP contribution is -2.31. The largest absolute Gasteiger partial charge is 0.482 e. The van der Waals surface area contributed by atoms with Gasteiger partial charge in [-0.2, -0.15) is 0 Å². The third-order valence-electron chi connectivity index (χ3n) is 4.73. The molecule has 4 rings (SSSR count). The van der Waals surface area contributed by atoms with Crippen molar-refractivity contribution in [3.8, 4) is 5.75 Å². The van der Waals surface area contributed by atoms with Crippen LogP contribution in [-0.2, 0) is 0 Å². The van der Waals surface area contributed by atoms with Crippen LogP contribution in [0, 0.1) is 6.92 Å². The Labute approximate surface area is 157 Å². The summed E-state index contributed by atoms with van der Waals surface area (Å²) in [5.74, 6) is 0.670. The SMILES string of the molecule is Cc1cc2c(OC(c3cnccc3N3CCNC3=O)C(C)O)cccc2[nH]1. The maximum atomic E-state index is 12.1. The first-order valence-corrected chi connectivity index (χ1v) is 8.97. The number of anilines is 1. The molecule has 0 saturated carbocycles. The number of aliphatic hydroxyl groups is 1. The third kappa shape index (κ3) is 3.21. The zero-order chi connectivity index (χ0) is 19.0. The molecule has 0 radical (unpaired) electrons. The van der Waals surface area contributed by atoms with Gasteiger partial charge < -0.3 is 20.1 Å². The van der Waals surface area contributed by atoms with Gasteiger partial charge in [0, 0.05) is 47.6 Å². The summed E-state index contributed by atoms with van der Waals surface area (Å²) < 4.78 is 6.26. The third-order valence-corrected chi connectivity index (χ3v) is 4.73. The second-order valence-corrected chi connectivity index (χ2v) is 6.77. The molecule has 0 spiro atoms. The molecule has 2 unspecified atom stereocenters. The Morgan fingerprint density at radius 1 is 1.33 bits per heavy atom. The molecular formula is C20H22N4O3. The van der Waals surface area contributed by atoms with Crippen LogP contribution in [0.25, 0.3) is 10.9 Å². The monoisotopic (exact) mass is 366 g/mol. The van der Waals surface area contributed by atoms with Crippen LogP contribution in [0.15, 0.2) is 42.7 Å². The van der Waals surface area contributed by atoms with Gasteiger partial charge in [-0.15, -0.1) is 0 Å². The fourth-order valence-corrected chi connectivity index (χ4v) is 3.49. The van der Waals surface area contributed by atoms with Crippen molar-refractivity contribution in [2.24, 2.45) is 0 Å². The summed E-state index contributed by atoms with van der Waals surface area (Å²) in [6.45, 7) is 4.81. The van der Waals surface area contributed by atoms with Crippen LogP contribution >= 0.6 is 0 Å². The van der Waals surface area contributed by atoms with Crippen molar-refractivity contribution >= 4 is 22.6 Å². The van der Waals surface area contributed by atoms with E-state index >= 15 is 0 Å². The highest BCUT2D eigenvalue weighted by Gasteiger charge is 2.29. The van der Waals surface area contributed by atoms with E-state index < -0.39 is 12.2 Å². The zero-order valence-electron chi connectivity index (χ0n) is 15.3. The molecule has 3 N–H and O–H groups in total. The number of carbonyl (C=O) groups is 1. The van der Waals surface area contributed by atoms with E-state index in [1.54, 1.807) is 30.3 Å². The second-order valence-electron chi connectivity index (χ2n) is 6.77. The van der Waals surface area contributed by atoms with E-state index in [2.05, 4.69) is 15.3 Å². The smallest absolute Gasteiger partial charge is 0.322 e. The first-order chi connectivity index (χ1) is 13.0. The van der Waals surface area contributed by atoms with Crippen LogP contribution in [0.3, 0.4) is 0 Å². The summed E-state index contributed by atoms with van der Waals surface area (Å²) in [5, 5.41) is 14.2. The Hall–Kier alpha value is -3.06. The Kier molecular flexibility index (Phi) is 4.45. The summed E-state index contributed by atoms with van der Waals surface area (Å²) in [5.41, 5.74) is 3.38. The molecule has 3 heterocycles. The molecule has 1 fully saturated rings. The molecule has 1 aromatic carbocycles. The van der Waals surface area contributed by atoms with E-state index in [1.165, 1.54) is 0 Å². The highest BCUT2D eigenvalue weighted by atomic mass is 16.5. The molecule has 1 saturated heterocycles. The molecule has 7 heteroatoms. The van der Waals surface area contributed by atoms with E-state index in [-0.39, 0.29) is 6.03 Å². The number of benzene rings is 1. The van der Waals surface area contributed by atoms with Gasteiger partial charge >= 0.3 is 6.03 Å². The lowest BCUT2D eigenvalue weighted by molar-refractivity contribution is 0.0491. The fraction of sp³-hybridized carbons (Fsp3) is 0.300. The number of H-pyrrole nitrogens is 1. The predicted molar refractivity (Wildman–Crippen MR) is 103 cm³/mol. The fourth-order valence-electron chi connectivity index (χ4n) is 3.49. The number of amides is 2. The van der Waals surface area contributed by atoms with Gasteiger partial charge in [0.2, 0.25) is 0 Å². The average molecular weight is 366 g/mol. The summed E-state index contributed by atoms with van der Waals surface area (Å²) in [7, 11) is 0. The quantitative estimate of drug-likeness (QED) is 0.648. The number of rotatable bonds is 5. The number of pyridine rings is 1. The van der Waals surface area contributed by atoms with Crippen LogP contribution in [-0.4, -0.2) is 40.3 Å². The number of ether oxygens (including phenoxy) is 1. The number of hydrogen-bond acceptors (Lipinski definition) is 4. The normalized spacial score (nSPS) is 16.4. The van der Waals surface area contributed by atoms with E-state index in [1.807, 2.05) is 31.2 Å². The molecule has 7 nitrogen and oxygen atoms in total. The van der Waals surface area contributed by atoms with Gasteiger partial charge in [0.15, 0.2) is 6.10 Å². The molecule has 1 aliphatic heterocycles. The Morgan fingerprint density at radius 2 is 2.19 bits per heavy atom. The van der Waals surface area contributed by atoms with Crippen molar-refractivity contribution in [1.29, 1.82) is 0 Å². The summed E-state index contributed by atoms with van der Waals surface area (Å²) in [4.78, 5) is 21.3. The maximum absolute atomic E-state index is 12.1. The zero-order valence-corrected chi connectivity index (χ0v) is 15.3. The van der Waals surface area contributed by atoms with Gasteiger partial charge in [-0.25, -0.2) is 4.79 Å². The lowest BCUT2D eigenvalue weighted by Gasteiger charge is -2.27. The minimum absolute atomic E-state index is 0.157. The summed E-state index contributed by atoms with van der Waals surface area (Å²) in [6, 6.07) is 9.41. The maximum Gasteiger partial charge on any atom is 0.322 e. The number of carbonyl (C=O) groups excluding carboxylic acids is 1. The molecule has 140 valence electrons. The molecule has 27 heavy (non-hydrogen) atoms. The first-order valence-electron chi connectivity index (χ1n) is 8.97. The number of aryl methyl sites for hydroxylation is 1. The number of urea groups is 1. The van der Waals surface area contributed by atoms with Crippen molar-refractivity contribution in [1.82, 2.24) is 15.3 Å². The molecule has 3 aromatic rings. The number of hydrogen-bond donors (Lipinski definition) is 3. The predicted octanol–water partition coefficient (Wildman–Crippen LogP) is 2.90. The summed E-state index contributed by atoms with van der Waals surface area (Å²) >= 11 is 0. The van der Waals surface area contributed by atoms with Crippen molar-refractivity contribution in [3.63, 3.8) is 0 Å². The Bertz CT molecular complexity index is 982. The van der Waals surface area contributed by atoms with E-state index in [9.17, 15) is 9.90 Å². The highest BCUT2D eigenvalue weighted by Crippen LogP contribution is 2.35. The van der Waals surface area contributed by atoms with Crippen molar-refractivity contribution in [2.75, 3.05) is 18.0 Å². The van der Waals surface area contributed by atoms with E-state index in [4.69, 9.17) is 4.74 Å². The number of aliphatic hydroxyl groups excluding tert-OH is 1. The number of aromatic amines is 1. The van der Waals surface area contributed by atoms with Gasteiger partial charge in [-0.3, -0.25) is 9.88 Å². The minimum Gasteiger partial charge on any atom is -0.482 e. The second kappa shape index (κ2) is 6.92. The highest BCUT2D eigenvalue weighted by molar-refractivity contribution is 5.94. The van der Waals surface area contributed by atoms with Crippen LogP contribution in [0.5, 0.6) is 5.75 Å². The standard InChI is InChI=1S/C20H22N4O3/c1-12-10-14-16(23-12)4-3-5-18(14)27-19(13(2)25)15-11-21-7-6-17(15)24-9-8-22-20(24)26/h3-7,10-11,13,19,23,25H,8-9H2,1-2H3,(H,22,26). The molecule has 0 aliphatic carbocycles. The molecule has 2 atom stereocenters. The number of nitrogens with one attached hydrogen (secondary N) is 2. The van der Waals surface area contributed by atoms with Gasteiger partial charge in [0.05, 0.1) is 11.8 Å². The number of aromatic nitrogens is 2. The van der Waals surface area contributed by atoms with Crippen molar-refractivity contribution < 1.29 is 14.6 Å². The van der Waals surface area contributed by atoms with Crippen LogP contribution < -0.4 is 15.0 Å². The molecule has 1 aliphatic rings. The lowest BCUT2D eigenvalue weighted by atomic mass is 10.0. The van der Waals surface area contributed by atoms with Crippen molar-refractivity contribution in [2.45, 2.75) is 26.1 Å². The molecule has 2 aromatic heterocycles. The van der Waals surface area contributed by atoms with E-state index in [0.29, 0.717) is 30.1 Å². The number of fused-ring (bicyclic) bond motifs is 1. The minimum atomic E-state index is -0.797. The Balaban J connectivity index is 1.75. The van der Waals surface area contributed by atoms with Gasteiger partial charge in [0.25, 0.3) is 0 Å². The van der Waals surface area contributed by atoms with Crippen LogP contribution in [0.1, 0.15) is 24.3 Å². The molecule has 0 bridgehead atoms. The summed E-state index contributed by atoms with van der Waals surface area (Å²) in [6.07, 6.45) is 1.83. The van der Waals surface area contributed by atoms with Crippen molar-refractivity contribution in [3.05, 3.63) is 54.0 Å². The Morgan fingerprint density at radius 3 is 2.93 bits per heavy atom. The topological polar surface area (TPSA) is 90.5 Å². The van der Waals surface area contributed by atoms with Gasteiger partial charge in [-0.1, -0.05) is 6.07 Å². The van der Waals surface area contributed by atoms with Crippen LogP contribution in [0.4, 0.5) is 10.5 Å². The molecular weight excluding hydrogens is 344 g/mol. The van der Waals surface area contributed by atoms with Gasteiger partial charge in [-0.05, 0) is 38.1 Å². The number of nitrogens with zero attached hydrogens (tertiary/aromatic N) is 2. The molecule has 2 amide bonds. The van der Waals surface area contributed by atoms with Gasteiger partial charge in [0.1, 0.15) is 5.75 Å². The van der Waals surface area contributed by atoms with E-state index in [0.717, 1.165) is 16.6 Å². The van der Waals surface area contributed by atoms with Crippen LogP contribution in [0.2, 0.25) is 0 Å². The average Bonchev–Trinajstić information content (AvgIpc) is 3.24.